The Morgan fingerprint density at radius 1 is 1.50 bits per heavy atom. The van der Waals surface area contributed by atoms with Crippen LogP contribution in [0.5, 0.6) is 0 Å². The summed E-state index contributed by atoms with van der Waals surface area (Å²) in [6.07, 6.45) is 0.766. The lowest BCUT2D eigenvalue weighted by Gasteiger charge is -2.21. The van der Waals surface area contributed by atoms with E-state index in [1.165, 1.54) is 6.92 Å². The van der Waals surface area contributed by atoms with Crippen molar-refractivity contribution in [3.63, 3.8) is 0 Å². The van der Waals surface area contributed by atoms with Gasteiger partial charge in [-0.3, -0.25) is 4.79 Å². The van der Waals surface area contributed by atoms with Crippen molar-refractivity contribution < 1.29 is 4.79 Å². The SMILES string of the molecule is CC(=O)[C@H](N)CC(C)(C)C. The van der Waals surface area contributed by atoms with Gasteiger partial charge in [0.15, 0.2) is 0 Å². The fraction of sp³-hybridized carbons (Fsp3) is 0.875. The highest BCUT2D eigenvalue weighted by molar-refractivity contribution is 5.81. The molecule has 0 radical (unpaired) electrons. The van der Waals surface area contributed by atoms with E-state index in [-0.39, 0.29) is 17.2 Å². The van der Waals surface area contributed by atoms with Gasteiger partial charge in [0.2, 0.25) is 0 Å². The third kappa shape index (κ3) is 4.50. The molecule has 0 aliphatic carbocycles. The van der Waals surface area contributed by atoms with Crippen LogP contribution in [-0.4, -0.2) is 11.8 Å². The maximum absolute atomic E-state index is 10.7. The van der Waals surface area contributed by atoms with Gasteiger partial charge in [-0.25, -0.2) is 0 Å². The minimum atomic E-state index is -0.278. The molecule has 2 heteroatoms. The average Bonchev–Trinajstić information content (AvgIpc) is 1.60. The molecule has 0 fully saturated rings. The number of nitrogens with two attached hydrogens (primary N) is 1. The molecule has 0 aliphatic heterocycles. The maximum Gasteiger partial charge on any atom is 0.146 e. The number of hydrogen-bond donors (Lipinski definition) is 1. The molecular formula is C8H17NO. The normalized spacial score (nSPS) is 14.9. The van der Waals surface area contributed by atoms with Crippen LogP contribution < -0.4 is 5.73 Å². The van der Waals surface area contributed by atoms with E-state index < -0.39 is 0 Å². The molecule has 10 heavy (non-hydrogen) atoms. The lowest BCUT2D eigenvalue weighted by Crippen LogP contribution is -2.32. The van der Waals surface area contributed by atoms with Gasteiger partial charge >= 0.3 is 0 Å². The molecule has 0 aromatic carbocycles. The van der Waals surface area contributed by atoms with E-state index in [4.69, 9.17) is 5.73 Å². The molecule has 0 unspecified atom stereocenters. The van der Waals surface area contributed by atoms with Crippen molar-refractivity contribution in [2.75, 3.05) is 0 Å². The first-order chi connectivity index (χ1) is 4.33. The summed E-state index contributed by atoms with van der Waals surface area (Å²) in [6.45, 7) is 7.78. The molecule has 0 heterocycles. The molecule has 0 aromatic heterocycles. The number of ketones is 1. The summed E-state index contributed by atoms with van der Waals surface area (Å²) in [6, 6.07) is -0.278. The first-order valence-corrected chi connectivity index (χ1v) is 3.59. The standard InChI is InChI=1S/C8H17NO/c1-6(10)7(9)5-8(2,3)4/h7H,5,9H2,1-4H3/t7-/m1/s1. The third-order valence-corrected chi connectivity index (χ3v) is 1.35. The van der Waals surface area contributed by atoms with Gasteiger partial charge in [-0.2, -0.15) is 0 Å². The summed E-state index contributed by atoms with van der Waals surface area (Å²) in [5.41, 5.74) is 5.71. The van der Waals surface area contributed by atoms with E-state index >= 15 is 0 Å². The Labute approximate surface area is 62.8 Å². The van der Waals surface area contributed by atoms with Crippen molar-refractivity contribution in [2.45, 2.75) is 40.2 Å². The number of rotatable bonds is 2. The van der Waals surface area contributed by atoms with Gasteiger partial charge in [0.25, 0.3) is 0 Å². The highest BCUT2D eigenvalue weighted by Gasteiger charge is 2.17. The summed E-state index contributed by atoms with van der Waals surface area (Å²) in [5, 5.41) is 0. The summed E-state index contributed by atoms with van der Waals surface area (Å²) < 4.78 is 0. The van der Waals surface area contributed by atoms with E-state index in [0.29, 0.717) is 0 Å². The van der Waals surface area contributed by atoms with Crippen LogP contribution in [0.1, 0.15) is 34.1 Å². The Bertz CT molecular complexity index is 124. The third-order valence-electron chi connectivity index (χ3n) is 1.35. The highest BCUT2D eigenvalue weighted by Crippen LogP contribution is 2.19. The number of carbonyl (C=O) groups excluding carboxylic acids is 1. The summed E-state index contributed by atoms with van der Waals surface area (Å²) in [7, 11) is 0. The fourth-order valence-electron chi connectivity index (χ4n) is 0.803. The van der Waals surface area contributed by atoms with Gasteiger partial charge in [-0.05, 0) is 18.8 Å². The molecule has 0 rings (SSSR count). The largest absolute Gasteiger partial charge is 0.322 e. The Kier molecular flexibility index (Phi) is 3.03. The van der Waals surface area contributed by atoms with Crippen LogP contribution in [0.2, 0.25) is 0 Å². The van der Waals surface area contributed by atoms with Crippen molar-refractivity contribution in [3.8, 4) is 0 Å². The molecule has 0 saturated heterocycles. The fourth-order valence-corrected chi connectivity index (χ4v) is 0.803. The monoisotopic (exact) mass is 143 g/mol. The topological polar surface area (TPSA) is 43.1 Å². The predicted molar refractivity (Wildman–Crippen MR) is 42.7 cm³/mol. The first-order valence-electron chi connectivity index (χ1n) is 3.59. The van der Waals surface area contributed by atoms with Gasteiger partial charge in [-0.15, -0.1) is 0 Å². The van der Waals surface area contributed by atoms with Crippen molar-refractivity contribution in [1.82, 2.24) is 0 Å². The lowest BCUT2D eigenvalue weighted by molar-refractivity contribution is -0.118. The highest BCUT2D eigenvalue weighted by atomic mass is 16.1. The smallest absolute Gasteiger partial charge is 0.146 e. The van der Waals surface area contributed by atoms with Crippen LogP contribution in [0.4, 0.5) is 0 Å². The second kappa shape index (κ2) is 3.15. The Morgan fingerprint density at radius 2 is 1.90 bits per heavy atom. The molecule has 0 aromatic rings. The molecule has 0 saturated carbocycles. The predicted octanol–water partition coefficient (Wildman–Crippen LogP) is 1.34. The second-order valence-corrected chi connectivity index (χ2v) is 3.98. The van der Waals surface area contributed by atoms with Crippen LogP contribution in [0.3, 0.4) is 0 Å². The second-order valence-electron chi connectivity index (χ2n) is 3.98. The van der Waals surface area contributed by atoms with Crippen LogP contribution >= 0.6 is 0 Å². The maximum atomic E-state index is 10.7. The zero-order chi connectivity index (χ0) is 8.36. The van der Waals surface area contributed by atoms with Gasteiger partial charge in [0.05, 0.1) is 6.04 Å². The zero-order valence-electron chi connectivity index (χ0n) is 7.27. The van der Waals surface area contributed by atoms with Gasteiger partial charge in [0, 0.05) is 0 Å². The molecule has 2 nitrogen and oxygen atoms in total. The summed E-state index contributed by atoms with van der Waals surface area (Å²) in [5.74, 6) is 0.0786. The van der Waals surface area contributed by atoms with E-state index in [0.717, 1.165) is 6.42 Å². The summed E-state index contributed by atoms with van der Waals surface area (Å²) >= 11 is 0. The minimum absolute atomic E-state index is 0.0786. The molecule has 1 atom stereocenters. The van der Waals surface area contributed by atoms with Crippen LogP contribution in [0.15, 0.2) is 0 Å². The van der Waals surface area contributed by atoms with E-state index in [1.807, 2.05) is 0 Å². The van der Waals surface area contributed by atoms with Crippen molar-refractivity contribution in [2.24, 2.45) is 11.1 Å². The Morgan fingerprint density at radius 3 is 2.00 bits per heavy atom. The van der Waals surface area contributed by atoms with Crippen LogP contribution in [0.25, 0.3) is 0 Å². The van der Waals surface area contributed by atoms with Crippen molar-refractivity contribution >= 4 is 5.78 Å². The van der Waals surface area contributed by atoms with Gasteiger partial charge in [0.1, 0.15) is 5.78 Å². The van der Waals surface area contributed by atoms with Gasteiger partial charge < -0.3 is 5.73 Å². The quantitative estimate of drug-likeness (QED) is 0.634. The minimum Gasteiger partial charge on any atom is -0.322 e. The Balaban J connectivity index is 3.80. The lowest BCUT2D eigenvalue weighted by atomic mass is 9.87. The van der Waals surface area contributed by atoms with Crippen molar-refractivity contribution in [1.29, 1.82) is 0 Å². The van der Waals surface area contributed by atoms with Gasteiger partial charge in [-0.1, -0.05) is 20.8 Å². The molecule has 2 N–H and O–H groups in total. The molecule has 0 spiro atoms. The number of Topliss-reactive ketones (excluding diaryl/α,β-unsaturated/α-hetero) is 1. The van der Waals surface area contributed by atoms with E-state index in [1.54, 1.807) is 0 Å². The zero-order valence-corrected chi connectivity index (χ0v) is 7.27. The summed E-state index contributed by atoms with van der Waals surface area (Å²) in [4.78, 5) is 10.7. The number of carbonyl (C=O) groups is 1. The van der Waals surface area contributed by atoms with Crippen LogP contribution in [-0.2, 0) is 4.79 Å². The number of hydrogen-bond acceptors (Lipinski definition) is 2. The molecule has 60 valence electrons. The average molecular weight is 143 g/mol. The Hall–Kier alpha value is -0.370. The van der Waals surface area contributed by atoms with Crippen molar-refractivity contribution in [3.05, 3.63) is 0 Å². The molecule has 0 amide bonds. The molecule has 0 bridgehead atoms. The molecular weight excluding hydrogens is 126 g/mol. The van der Waals surface area contributed by atoms with E-state index in [2.05, 4.69) is 20.8 Å². The first kappa shape index (κ1) is 9.63. The van der Waals surface area contributed by atoms with Crippen LogP contribution in [0, 0.1) is 5.41 Å². The molecule has 0 aliphatic rings. The van der Waals surface area contributed by atoms with E-state index in [9.17, 15) is 4.79 Å².